The molecule has 2 rings (SSSR count). The largest absolute Gasteiger partial charge is 1.00 e. The minimum atomic E-state index is -4.54. The molecule has 0 bridgehead atoms. The summed E-state index contributed by atoms with van der Waals surface area (Å²) in [5.74, 6) is 0.443. The van der Waals surface area contributed by atoms with Gasteiger partial charge in [-0.1, -0.05) is 11.6 Å². The summed E-state index contributed by atoms with van der Waals surface area (Å²) >= 11 is 5.87. The van der Waals surface area contributed by atoms with Crippen molar-refractivity contribution in [1.29, 1.82) is 0 Å². The zero-order valence-electron chi connectivity index (χ0n) is 9.79. The molecule has 1 aromatic carbocycles. The molecular formula is C11H6ClNaO5S. The first-order chi connectivity index (χ1) is 8.41. The molecule has 0 aliphatic heterocycles. The number of carbonyl (C=O) groups excluding carboxylic acids is 1. The number of halogens is 1. The Hall–Kier alpha value is -0.630. The van der Waals surface area contributed by atoms with E-state index in [4.69, 9.17) is 16.0 Å². The van der Waals surface area contributed by atoms with Gasteiger partial charge in [-0.2, -0.15) is 0 Å². The third-order valence-electron chi connectivity index (χ3n) is 2.24. The van der Waals surface area contributed by atoms with Crippen LogP contribution >= 0.6 is 11.6 Å². The van der Waals surface area contributed by atoms with Crippen LogP contribution in [0.15, 0.2) is 39.6 Å². The van der Waals surface area contributed by atoms with Crippen LogP contribution in [0.3, 0.4) is 0 Å². The van der Waals surface area contributed by atoms with Crippen LogP contribution < -0.4 is 29.6 Å². The number of benzene rings is 1. The maximum absolute atomic E-state index is 10.8. The minimum Gasteiger partial charge on any atom is -0.744 e. The fourth-order valence-corrected chi connectivity index (χ4v) is 2.25. The van der Waals surface area contributed by atoms with Crippen molar-refractivity contribution in [1.82, 2.24) is 0 Å². The molecule has 94 valence electrons. The molecule has 0 unspecified atom stereocenters. The summed E-state index contributed by atoms with van der Waals surface area (Å²) in [7, 11) is -4.54. The minimum absolute atomic E-state index is 0. The number of rotatable bonds is 3. The second kappa shape index (κ2) is 6.21. The van der Waals surface area contributed by atoms with E-state index in [0.29, 0.717) is 17.6 Å². The van der Waals surface area contributed by atoms with Gasteiger partial charge in [-0.3, -0.25) is 4.79 Å². The first-order valence-corrected chi connectivity index (χ1v) is 6.51. The summed E-state index contributed by atoms with van der Waals surface area (Å²) in [5, 5.41) is 0.0544. The number of hydrogen-bond acceptors (Lipinski definition) is 5. The molecular weight excluding hydrogens is 303 g/mol. The SMILES string of the molecule is O=Cc1ccc(-c2ccc(S(=O)(=O)[O-])cc2Cl)o1.[Na+]. The van der Waals surface area contributed by atoms with Gasteiger partial charge in [-0.15, -0.1) is 0 Å². The summed E-state index contributed by atoms with van der Waals surface area (Å²) in [6.07, 6.45) is 0.536. The average Bonchev–Trinajstić information content (AvgIpc) is 2.76. The van der Waals surface area contributed by atoms with E-state index in [9.17, 15) is 17.8 Å². The molecule has 0 saturated heterocycles. The molecule has 0 aliphatic carbocycles. The van der Waals surface area contributed by atoms with Gasteiger partial charge in [0.15, 0.2) is 12.0 Å². The van der Waals surface area contributed by atoms with E-state index in [1.165, 1.54) is 18.2 Å². The standard InChI is InChI=1S/C11H7ClO5S.Na/c12-10-5-8(18(14,15)16)2-3-9(10)11-4-1-7(6-13)17-11;/h1-6H,(H,14,15,16);/q;+1/p-1. The smallest absolute Gasteiger partial charge is 0.744 e. The number of furan rings is 1. The summed E-state index contributed by atoms with van der Waals surface area (Å²) in [4.78, 5) is 10.1. The van der Waals surface area contributed by atoms with Crippen molar-refractivity contribution in [2.75, 3.05) is 0 Å². The molecule has 0 fully saturated rings. The molecule has 8 heteroatoms. The van der Waals surface area contributed by atoms with Crippen LogP contribution in [0, 0.1) is 0 Å². The molecule has 1 heterocycles. The van der Waals surface area contributed by atoms with Gasteiger partial charge in [0.1, 0.15) is 15.9 Å². The zero-order valence-corrected chi connectivity index (χ0v) is 13.4. The van der Waals surface area contributed by atoms with Gasteiger partial charge in [0.25, 0.3) is 0 Å². The first kappa shape index (κ1) is 16.4. The Morgan fingerprint density at radius 3 is 2.37 bits per heavy atom. The molecule has 0 N–H and O–H groups in total. The summed E-state index contributed by atoms with van der Waals surface area (Å²) in [6.45, 7) is 0. The zero-order chi connectivity index (χ0) is 13.3. The van der Waals surface area contributed by atoms with Crippen molar-refractivity contribution in [3.05, 3.63) is 41.1 Å². The summed E-state index contributed by atoms with van der Waals surface area (Å²) in [5.41, 5.74) is 0.400. The molecule has 19 heavy (non-hydrogen) atoms. The Bertz CT molecular complexity index is 708. The van der Waals surface area contributed by atoms with Crippen LogP contribution in [0.1, 0.15) is 10.6 Å². The third-order valence-corrected chi connectivity index (χ3v) is 3.38. The second-order valence-electron chi connectivity index (χ2n) is 3.42. The van der Waals surface area contributed by atoms with Gasteiger partial charge >= 0.3 is 29.6 Å². The van der Waals surface area contributed by atoms with Crippen LogP contribution in [0.5, 0.6) is 0 Å². The molecule has 0 atom stereocenters. The van der Waals surface area contributed by atoms with Crippen LogP contribution in [0.25, 0.3) is 11.3 Å². The molecule has 0 amide bonds. The molecule has 0 aliphatic rings. The molecule has 1 aromatic heterocycles. The monoisotopic (exact) mass is 308 g/mol. The maximum atomic E-state index is 10.8. The Kier molecular flexibility index (Phi) is 5.37. The fraction of sp³-hybridized carbons (Fsp3) is 0. The quantitative estimate of drug-likeness (QED) is 0.426. The van der Waals surface area contributed by atoms with Gasteiger partial charge in [0, 0.05) is 5.56 Å². The summed E-state index contributed by atoms with van der Waals surface area (Å²) in [6, 6.07) is 6.50. The van der Waals surface area contributed by atoms with Crippen LogP contribution in [0.2, 0.25) is 5.02 Å². The van der Waals surface area contributed by atoms with Crippen molar-refractivity contribution < 1.29 is 51.7 Å². The van der Waals surface area contributed by atoms with Gasteiger partial charge in [-0.05, 0) is 30.3 Å². The van der Waals surface area contributed by atoms with E-state index in [-0.39, 0.29) is 40.3 Å². The Balaban J connectivity index is 0.00000180. The van der Waals surface area contributed by atoms with Gasteiger partial charge in [0.2, 0.25) is 0 Å². The Morgan fingerprint density at radius 2 is 1.89 bits per heavy atom. The van der Waals surface area contributed by atoms with Crippen molar-refractivity contribution in [2.45, 2.75) is 4.90 Å². The van der Waals surface area contributed by atoms with Crippen molar-refractivity contribution >= 4 is 28.0 Å². The van der Waals surface area contributed by atoms with Crippen molar-refractivity contribution in [3.8, 4) is 11.3 Å². The molecule has 5 nitrogen and oxygen atoms in total. The Morgan fingerprint density at radius 1 is 1.21 bits per heavy atom. The number of carbonyl (C=O) groups is 1. The third kappa shape index (κ3) is 3.68. The normalized spacial score (nSPS) is 10.8. The van der Waals surface area contributed by atoms with E-state index in [0.717, 1.165) is 12.1 Å². The second-order valence-corrected chi connectivity index (χ2v) is 5.20. The van der Waals surface area contributed by atoms with Crippen LogP contribution in [0.4, 0.5) is 0 Å². The number of aldehydes is 1. The van der Waals surface area contributed by atoms with Crippen LogP contribution in [-0.4, -0.2) is 19.3 Å². The van der Waals surface area contributed by atoms with Gasteiger partial charge in [-0.25, -0.2) is 8.42 Å². The Labute approximate surface area is 136 Å². The van der Waals surface area contributed by atoms with E-state index < -0.39 is 15.0 Å². The predicted octanol–water partition coefficient (Wildman–Crippen LogP) is -0.679. The summed E-state index contributed by atoms with van der Waals surface area (Å²) < 4.78 is 37.5. The van der Waals surface area contributed by atoms with Gasteiger partial charge < -0.3 is 8.97 Å². The van der Waals surface area contributed by atoms with E-state index in [1.54, 1.807) is 0 Å². The van der Waals surface area contributed by atoms with E-state index in [1.807, 2.05) is 0 Å². The average molecular weight is 309 g/mol. The van der Waals surface area contributed by atoms with Crippen molar-refractivity contribution in [3.63, 3.8) is 0 Å². The van der Waals surface area contributed by atoms with Gasteiger partial charge in [0.05, 0.1) is 9.92 Å². The molecule has 0 spiro atoms. The molecule has 2 aromatic rings. The molecule has 0 radical (unpaired) electrons. The van der Waals surface area contributed by atoms with E-state index >= 15 is 0 Å². The van der Waals surface area contributed by atoms with Crippen molar-refractivity contribution in [2.24, 2.45) is 0 Å². The predicted molar refractivity (Wildman–Crippen MR) is 62.5 cm³/mol. The first-order valence-electron chi connectivity index (χ1n) is 4.72. The topological polar surface area (TPSA) is 87.4 Å². The number of hydrogen-bond donors (Lipinski definition) is 0. The maximum Gasteiger partial charge on any atom is 1.00 e. The van der Waals surface area contributed by atoms with E-state index in [2.05, 4.69) is 0 Å². The molecule has 0 saturated carbocycles. The fourth-order valence-electron chi connectivity index (χ4n) is 1.41. The van der Waals surface area contributed by atoms with Crippen LogP contribution in [-0.2, 0) is 10.1 Å².